The lowest BCUT2D eigenvalue weighted by atomic mass is 10.2. The summed E-state index contributed by atoms with van der Waals surface area (Å²) in [6.07, 6.45) is 0. The highest BCUT2D eigenvalue weighted by atomic mass is 79.9. The van der Waals surface area contributed by atoms with Crippen LogP contribution in [0.5, 0.6) is 0 Å². The van der Waals surface area contributed by atoms with Crippen LogP contribution in [0.15, 0.2) is 51.4 Å². The minimum absolute atomic E-state index is 0.289. The minimum Gasteiger partial charge on any atom is -0.321 e. The SMILES string of the molecule is O=C(Nc1cc(F)ccc1Br)c1cccc(Br)c1. The number of rotatable bonds is 2. The van der Waals surface area contributed by atoms with E-state index in [1.807, 2.05) is 6.07 Å². The molecule has 2 rings (SSSR count). The first-order valence-electron chi connectivity index (χ1n) is 5.08. The Morgan fingerprint density at radius 1 is 1.11 bits per heavy atom. The van der Waals surface area contributed by atoms with Crippen molar-refractivity contribution in [3.05, 3.63) is 62.8 Å². The van der Waals surface area contributed by atoms with Gasteiger partial charge in [-0.25, -0.2) is 4.39 Å². The fraction of sp³-hybridized carbons (Fsp3) is 0. The molecule has 5 heteroatoms. The lowest BCUT2D eigenvalue weighted by Gasteiger charge is -2.07. The molecular formula is C13H8Br2FNO. The second-order valence-corrected chi connectivity index (χ2v) is 5.36. The molecule has 0 spiro atoms. The number of hydrogen-bond donors (Lipinski definition) is 1. The molecule has 0 radical (unpaired) electrons. The van der Waals surface area contributed by atoms with Gasteiger partial charge in [-0.15, -0.1) is 0 Å². The van der Waals surface area contributed by atoms with E-state index in [4.69, 9.17) is 0 Å². The molecule has 0 aliphatic carbocycles. The molecule has 0 bridgehead atoms. The average Bonchev–Trinajstić information content (AvgIpc) is 2.34. The second-order valence-electron chi connectivity index (χ2n) is 3.59. The van der Waals surface area contributed by atoms with Gasteiger partial charge in [-0.1, -0.05) is 22.0 Å². The predicted molar refractivity (Wildman–Crippen MR) is 76.2 cm³/mol. The number of benzene rings is 2. The third-order valence-corrected chi connectivity index (χ3v) is 3.45. The highest BCUT2D eigenvalue weighted by molar-refractivity contribution is 9.10. The van der Waals surface area contributed by atoms with Crippen LogP contribution in [0.1, 0.15) is 10.4 Å². The first-order valence-corrected chi connectivity index (χ1v) is 6.67. The van der Waals surface area contributed by atoms with Crippen LogP contribution in [-0.2, 0) is 0 Å². The van der Waals surface area contributed by atoms with Crippen molar-refractivity contribution in [3.63, 3.8) is 0 Å². The van der Waals surface area contributed by atoms with Gasteiger partial charge >= 0.3 is 0 Å². The Kier molecular flexibility index (Phi) is 4.14. The zero-order valence-electron chi connectivity index (χ0n) is 9.08. The van der Waals surface area contributed by atoms with Gasteiger partial charge in [-0.3, -0.25) is 4.79 Å². The zero-order valence-corrected chi connectivity index (χ0v) is 12.3. The van der Waals surface area contributed by atoms with Crippen molar-refractivity contribution in [3.8, 4) is 0 Å². The number of hydrogen-bond acceptors (Lipinski definition) is 1. The molecular weight excluding hydrogens is 365 g/mol. The van der Waals surface area contributed by atoms with E-state index < -0.39 is 5.82 Å². The van der Waals surface area contributed by atoms with E-state index in [0.717, 1.165) is 4.47 Å². The van der Waals surface area contributed by atoms with E-state index in [1.165, 1.54) is 12.1 Å². The van der Waals surface area contributed by atoms with Crippen LogP contribution in [-0.4, -0.2) is 5.91 Å². The Morgan fingerprint density at radius 2 is 1.89 bits per heavy atom. The van der Waals surface area contributed by atoms with Crippen LogP contribution in [0.3, 0.4) is 0 Å². The zero-order chi connectivity index (χ0) is 13.1. The molecule has 1 amide bonds. The molecule has 0 aliphatic heterocycles. The fourth-order valence-corrected chi connectivity index (χ4v) is 2.16. The van der Waals surface area contributed by atoms with Gasteiger partial charge in [0.05, 0.1) is 5.69 Å². The highest BCUT2D eigenvalue weighted by Gasteiger charge is 2.09. The van der Waals surface area contributed by atoms with Gasteiger partial charge in [-0.2, -0.15) is 0 Å². The fourth-order valence-electron chi connectivity index (χ4n) is 1.42. The van der Waals surface area contributed by atoms with Crippen molar-refractivity contribution in [2.45, 2.75) is 0 Å². The monoisotopic (exact) mass is 371 g/mol. The van der Waals surface area contributed by atoms with E-state index in [2.05, 4.69) is 37.2 Å². The van der Waals surface area contributed by atoms with Gasteiger partial charge < -0.3 is 5.32 Å². The van der Waals surface area contributed by atoms with Crippen LogP contribution < -0.4 is 5.32 Å². The summed E-state index contributed by atoms with van der Waals surface area (Å²) in [7, 11) is 0. The summed E-state index contributed by atoms with van der Waals surface area (Å²) in [6.45, 7) is 0. The van der Waals surface area contributed by atoms with E-state index >= 15 is 0 Å². The van der Waals surface area contributed by atoms with Crippen LogP contribution in [0, 0.1) is 5.82 Å². The van der Waals surface area contributed by atoms with Gasteiger partial charge in [-0.05, 0) is 52.3 Å². The minimum atomic E-state index is -0.400. The number of nitrogens with one attached hydrogen (secondary N) is 1. The molecule has 2 nitrogen and oxygen atoms in total. The third-order valence-electron chi connectivity index (χ3n) is 2.26. The molecule has 0 aromatic heterocycles. The first-order chi connectivity index (χ1) is 8.56. The molecule has 0 aliphatic rings. The number of carbonyl (C=O) groups excluding carboxylic acids is 1. The van der Waals surface area contributed by atoms with Crippen LogP contribution in [0.4, 0.5) is 10.1 Å². The quantitative estimate of drug-likeness (QED) is 0.819. The highest BCUT2D eigenvalue weighted by Crippen LogP contribution is 2.24. The van der Waals surface area contributed by atoms with Crippen LogP contribution >= 0.6 is 31.9 Å². The smallest absolute Gasteiger partial charge is 0.255 e. The van der Waals surface area contributed by atoms with Crippen LogP contribution in [0.2, 0.25) is 0 Å². The maximum absolute atomic E-state index is 13.1. The van der Waals surface area contributed by atoms with Gasteiger partial charge in [0.2, 0.25) is 0 Å². The average molecular weight is 373 g/mol. The summed E-state index contributed by atoms with van der Waals surface area (Å²) in [5, 5.41) is 2.65. The predicted octanol–water partition coefficient (Wildman–Crippen LogP) is 4.60. The summed E-state index contributed by atoms with van der Waals surface area (Å²) in [6, 6.07) is 11.1. The van der Waals surface area contributed by atoms with Crippen molar-refractivity contribution >= 4 is 43.5 Å². The number of carbonyl (C=O) groups is 1. The molecule has 18 heavy (non-hydrogen) atoms. The molecule has 0 heterocycles. The van der Waals surface area contributed by atoms with Crippen molar-refractivity contribution < 1.29 is 9.18 Å². The molecule has 2 aromatic carbocycles. The molecule has 0 saturated heterocycles. The topological polar surface area (TPSA) is 29.1 Å². The van der Waals surface area contributed by atoms with Crippen molar-refractivity contribution in [2.24, 2.45) is 0 Å². The van der Waals surface area contributed by atoms with Crippen molar-refractivity contribution in [1.29, 1.82) is 0 Å². The molecule has 0 fully saturated rings. The molecule has 0 saturated carbocycles. The summed E-state index contributed by atoms with van der Waals surface area (Å²) in [4.78, 5) is 12.0. The number of anilines is 1. The van der Waals surface area contributed by atoms with E-state index in [-0.39, 0.29) is 5.91 Å². The van der Waals surface area contributed by atoms with Crippen LogP contribution in [0.25, 0.3) is 0 Å². The Labute approximate surface area is 120 Å². The molecule has 1 N–H and O–H groups in total. The lowest BCUT2D eigenvalue weighted by Crippen LogP contribution is -2.12. The van der Waals surface area contributed by atoms with Crippen molar-refractivity contribution in [1.82, 2.24) is 0 Å². The molecule has 0 unspecified atom stereocenters. The maximum atomic E-state index is 13.1. The van der Waals surface area contributed by atoms with Gasteiger partial charge in [0.15, 0.2) is 0 Å². The Morgan fingerprint density at radius 3 is 2.61 bits per heavy atom. The molecule has 2 aromatic rings. The Bertz CT molecular complexity index is 601. The maximum Gasteiger partial charge on any atom is 0.255 e. The van der Waals surface area contributed by atoms with Gasteiger partial charge in [0.1, 0.15) is 5.82 Å². The second kappa shape index (κ2) is 5.63. The number of halogens is 3. The van der Waals surface area contributed by atoms with E-state index in [1.54, 1.807) is 24.3 Å². The lowest BCUT2D eigenvalue weighted by molar-refractivity contribution is 0.102. The first kappa shape index (κ1) is 13.2. The van der Waals surface area contributed by atoms with E-state index in [0.29, 0.717) is 15.7 Å². The summed E-state index contributed by atoms with van der Waals surface area (Å²) in [5.41, 5.74) is 0.903. The summed E-state index contributed by atoms with van der Waals surface area (Å²) >= 11 is 6.55. The van der Waals surface area contributed by atoms with Gasteiger partial charge in [0.25, 0.3) is 5.91 Å². The van der Waals surface area contributed by atoms with Crippen molar-refractivity contribution in [2.75, 3.05) is 5.32 Å². The van der Waals surface area contributed by atoms with E-state index in [9.17, 15) is 9.18 Å². The Hall–Kier alpha value is -1.20. The Balaban J connectivity index is 2.24. The van der Waals surface area contributed by atoms with Gasteiger partial charge in [0, 0.05) is 14.5 Å². The largest absolute Gasteiger partial charge is 0.321 e. The third kappa shape index (κ3) is 3.17. The summed E-state index contributed by atoms with van der Waals surface area (Å²) in [5.74, 6) is -0.689. The number of amides is 1. The molecule has 0 atom stereocenters. The summed E-state index contributed by atoms with van der Waals surface area (Å²) < 4.78 is 14.5. The molecule has 92 valence electrons. The normalized spacial score (nSPS) is 10.2. The standard InChI is InChI=1S/C13H8Br2FNO/c14-9-3-1-2-8(6-9)13(18)17-12-7-10(16)4-5-11(12)15/h1-7H,(H,17,18).